The van der Waals surface area contributed by atoms with Gasteiger partial charge in [0.1, 0.15) is 11.9 Å². The molecule has 0 bridgehead atoms. The van der Waals surface area contributed by atoms with Gasteiger partial charge in [-0.25, -0.2) is 8.78 Å². The fourth-order valence-corrected chi connectivity index (χ4v) is 4.16. The van der Waals surface area contributed by atoms with Crippen LogP contribution in [0.2, 0.25) is 0 Å². The Morgan fingerprint density at radius 3 is 1.82 bits per heavy atom. The number of imidazole rings is 1. The molecule has 0 amide bonds. The third-order valence-corrected chi connectivity index (χ3v) is 6.22. The van der Waals surface area contributed by atoms with Gasteiger partial charge < -0.3 is 29.2 Å². The molecule has 6 rings (SSSR count). The summed E-state index contributed by atoms with van der Waals surface area (Å²) in [5.74, 6) is -3.61. The normalized spacial score (nSPS) is 14.2. The number of aryl methyl sites for hydroxylation is 1. The van der Waals surface area contributed by atoms with Crippen molar-refractivity contribution < 1.29 is 50.8 Å². The molecule has 0 unspecified atom stereocenters. The van der Waals surface area contributed by atoms with E-state index in [2.05, 4.69) is 28.2 Å². The second kappa shape index (κ2) is 13.3. The Morgan fingerprint density at radius 2 is 1.33 bits per heavy atom. The van der Waals surface area contributed by atoms with Gasteiger partial charge in [-0.15, -0.1) is 47.8 Å². The van der Waals surface area contributed by atoms with Crippen LogP contribution in [-0.2, 0) is 33.3 Å². The summed E-state index contributed by atoms with van der Waals surface area (Å²) in [6.45, 7) is 3.37. The van der Waals surface area contributed by atoms with Crippen LogP contribution < -0.4 is 9.80 Å². The van der Waals surface area contributed by atoms with Gasteiger partial charge in [-0.3, -0.25) is 13.8 Å². The summed E-state index contributed by atoms with van der Waals surface area (Å²) in [6.07, 6.45) is 3.88. The van der Waals surface area contributed by atoms with Crippen LogP contribution in [0.25, 0.3) is 22.6 Å². The van der Waals surface area contributed by atoms with E-state index >= 15 is 0 Å². The van der Waals surface area contributed by atoms with Crippen molar-refractivity contribution in [2.24, 2.45) is 7.05 Å². The number of hydrogen-bond donors (Lipinski definition) is 0. The molecule has 0 N–H and O–H groups in total. The van der Waals surface area contributed by atoms with Gasteiger partial charge in [-0.05, 0) is 50.8 Å². The first-order valence-corrected chi connectivity index (χ1v) is 12.6. The molecule has 2 aromatic heterocycles. The number of pyridine rings is 1. The van der Waals surface area contributed by atoms with E-state index in [-0.39, 0.29) is 42.8 Å². The van der Waals surface area contributed by atoms with E-state index in [1.807, 2.05) is 0 Å². The molecule has 2 aliphatic rings. The maximum atomic E-state index is 13.7. The smallest absolute Gasteiger partial charge is 0.394 e. The molecular weight excluding hydrogens is 784 g/mol. The van der Waals surface area contributed by atoms with Crippen molar-refractivity contribution in [1.82, 2.24) is 24.3 Å². The van der Waals surface area contributed by atoms with Gasteiger partial charge in [0.2, 0.25) is 0 Å². The molecule has 0 saturated carbocycles. The number of anilines is 2. The molecule has 0 saturated heterocycles. The van der Waals surface area contributed by atoms with Crippen LogP contribution in [-0.4, -0.2) is 38.4 Å². The van der Waals surface area contributed by atoms with Crippen molar-refractivity contribution in [3.05, 3.63) is 122 Å². The van der Waals surface area contributed by atoms with Crippen molar-refractivity contribution in [1.29, 1.82) is 0 Å². The number of halogens is 7. The Balaban J connectivity index is 0.000000200. The summed E-state index contributed by atoms with van der Waals surface area (Å²) in [6, 6.07) is 12.6. The third kappa shape index (κ3) is 7.66. The van der Waals surface area contributed by atoms with Gasteiger partial charge in [0, 0.05) is 44.6 Å². The van der Waals surface area contributed by atoms with E-state index in [9.17, 15) is 30.7 Å². The second-order valence-corrected chi connectivity index (χ2v) is 9.60. The number of nitrogens with zero attached hydrogens (tertiary/aromatic N) is 7. The Bertz CT molecular complexity index is 1690. The molecule has 0 fully saturated rings. The van der Waals surface area contributed by atoms with Gasteiger partial charge in [-0.1, -0.05) is 28.8 Å². The molecule has 2 aromatic carbocycles. The molecule has 0 atom stereocenters. The maximum absolute atomic E-state index is 13.7. The van der Waals surface area contributed by atoms with E-state index in [0.29, 0.717) is 17.4 Å². The number of rotatable bonds is 4. The molecule has 239 valence electrons. The fraction of sp³-hybridized carbons (Fsp3) is 0.133. The van der Waals surface area contributed by atoms with Crippen molar-refractivity contribution >= 4 is 11.4 Å². The molecule has 7 nitrogen and oxygen atoms in total. The van der Waals surface area contributed by atoms with Gasteiger partial charge in [-0.2, -0.15) is 26.5 Å². The predicted molar refractivity (Wildman–Crippen MR) is 147 cm³/mol. The van der Waals surface area contributed by atoms with Crippen LogP contribution in [0.3, 0.4) is 0 Å². The summed E-state index contributed by atoms with van der Waals surface area (Å²) in [7, 11) is 5.15. The SMILES string of the molecule is CN1C=CN(c2[c-]c(N3C=CN(C)[CH-]3)cc(C(F)(F)F)c2)[CH-]1.Cn1cc(-c2[c-]cc(F)cc2F)nc1-c1[c-]cc(F)nc1F.[Ir]. The van der Waals surface area contributed by atoms with Crippen molar-refractivity contribution in [3.63, 3.8) is 0 Å². The summed E-state index contributed by atoms with van der Waals surface area (Å²) in [5, 5.41) is 0. The van der Waals surface area contributed by atoms with Gasteiger partial charge in [0.05, 0.1) is 0 Å². The molecule has 45 heavy (non-hydrogen) atoms. The van der Waals surface area contributed by atoms with Crippen molar-refractivity contribution in [2.45, 2.75) is 6.18 Å². The van der Waals surface area contributed by atoms with Crippen LogP contribution >= 0.6 is 0 Å². The Hall–Kier alpha value is -4.36. The molecule has 1 radical (unpaired) electrons. The average Bonchev–Trinajstić information content (AvgIpc) is 3.68. The summed E-state index contributed by atoms with van der Waals surface area (Å²) in [4.78, 5) is 13.8. The van der Waals surface area contributed by atoms with Crippen LogP contribution in [0.5, 0.6) is 0 Å². The number of alkyl halides is 3. The molecule has 4 heterocycles. The summed E-state index contributed by atoms with van der Waals surface area (Å²) < 4.78 is 94.0. The van der Waals surface area contributed by atoms with E-state index in [4.69, 9.17) is 0 Å². The van der Waals surface area contributed by atoms with Gasteiger partial charge in [0.25, 0.3) is 0 Å². The standard InChI is InChI=1S/C15H7F4N3.C15H14F3N4.Ir/c1-22-7-12(9-3-2-8(16)6-11(9)17)20-15(22)10-4-5-13(18)21-14(10)19;1-19-3-5-21(10-19)13-7-12(15(16,17)18)8-14(9-13)22-6-4-20(2)11-22;/h2,5-7H,1H3;3-8,10-11H,1-2H3;/q-2;-3;. The molecular formula is C30H21F7IrN7-5. The monoisotopic (exact) mass is 805 g/mol. The minimum absolute atomic E-state index is 0. The largest absolute Gasteiger partial charge is 0.510 e. The Kier molecular flexibility index (Phi) is 9.93. The Labute approximate surface area is 267 Å². The van der Waals surface area contributed by atoms with Crippen molar-refractivity contribution in [2.75, 3.05) is 23.9 Å². The van der Waals surface area contributed by atoms with Crippen LogP contribution in [0.15, 0.2) is 61.3 Å². The fourth-order valence-electron chi connectivity index (χ4n) is 4.16. The van der Waals surface area contributed by atoms with Crippen LogP contribution in [0.4, 0.5) is 42.1 Å². The molecule has 15 heteroatoms. The Morgan fingerprint density at radius 1 is 0.756 bits per heavy atom. The second-order valence-electron chi connectivity index (χ2n) is 9.60. The van der Waals surface area contributed by atoms with E-state index in [1.165, 1.54) is 10.8 Å². The van der Waals surface area contributed by atoms with Crippen LogP contribution in [0.1, 0.15) is 5.56 Å². The summed E-state index contributed by atoms with van der Waals surface area (Å²) >= 11 is 0. The minimum Gasteiger partial charge on any atom is -0.510 e. The van der Waals surface area contributed by atoms with Gasteiger partial charge >= 0.3 is 6.18 Å². The van der Waals surface area contributed by atoms with Crippen molar-refractivity contribution in [3.8, 4) is 22.6 Å². The van der Waals surface area contributed by atoms with E-state index in [1.54, 1.807) is 78.9 Å². The first kappa shape index (κ1) is 33.5. The quantitative estimate of drug-likeness (QED) is 0.134. The van der Waals surface area contributed by atoms with Crippen LogP contribution in [0, 0.1) is 55.1 Å². The number of aromatic nitrogens is 3. The topological polar surface area (TPSA) is 43.7 Å². The third-order valence-electron chi connectivity index (χ3n) is 6.22. The molecule has 0 aliphatic carbocycles. The van der Waals surface area contributed by atoms with E-state index < -0.39 is 35.3 Å². The predicted octanol–water partition coefficient (Wildman–Crippen LogP) is 6.49. The molecule has 2 aliphatic heterocycles. The zero-order valence-electron chi connectivity index (χ0n) is 23.5. The summed E-state index contributed by atoms with van der Waals surface area (Å²) in [5.41, 5.74) is -0.115. The number of benzene rings is 2. The first-order valence-electron chi connectivity index (χ1n) is 12.6. The molecule has 0 spiro atoms. The minimum atomic E-state index is -4.41. The van der Waals surface area contributed by atoms with Gasteiger partial charge in [0.15, 0.2) is 0 Å². The molecule has 4 aromatic rings. The maximum Gasteiger partial charge on any atom is 0.394 e. The zero-order valence-corrected chi connectivity index (χ0v) is 25.9. The number of hydrogen-bond acceptors (Lipinski definition) is 6. The zero-order chi connectivity index (χ0) is 31.8. The average molecular weight is 805 g/mol. The first-order chi connectivity index (χ1) is 20.8. The van der Waals surface area contributed by atoms with E-state index in [0.717, 1.165) is 24.3 Å².